The van der Waals surface area contributed by atoms with Crippen LogP contribution in [0.25, 0.3) is 0 Å². The topological polar surface area (TPSA) is 84.3 Å². The second-order valence-electron chi connectivity index (χ2n) is 8.12. The molecule has 1 N–H and O–H groups in total. The number of rotatable bonds is 8. The molecule has 0 bridgehead atoms. The molecule has 8 nitrogen and oxygen atoms in total. The molecule has 1 aromatic heterocycles. The molecule has 8 heteroatoms. The Kier molecular flexibility index (Phi) is 7.49. The number of ether oxygens (including phenoxy) is 2. The van der Waals surface area contributed by atoms with Crippen LogP contribution < -0.4 is 14.8 Å². The zero-order valence-electron chi connectivity index (χ0n) is 19.5. The van der Waals surface area contributed by atoms with Crippen molar-refractivity contribution in [2.75, 3.05) is 51.8 Å². The minimum Gasteiger partial charge on any atom is -0.497 e. The molecule has 1 fully saturated rings. The zero-order valence-corrected chi connectivity index (χ0v) is 19.5. The van der Waals surface area contributed by atoms with Crippen LogP contribution in [0, 0.1) is 6.92 Å². The highest BCUT2D eigenvalue weighted by molar-refractivity contribution is 6.04. The minimum atomic E-state index is -0.344. The Balaban J connectivity index is 1.27. The molecule has 0 aliphatic carbocycles. The number of aryl methyl sites for hydroxylation is 1. The van der Waals surface area contributed by atoms with E-state index in [4.69, 9.17) is 13.9 Å². The average Bonchev–Trinajstić information content (AvgIpc) is 3.41. The van der Waals surface area contributed by atoms with E-state index in [1.165, 1.54) is 6.26 Å². The van der Waals surface area contributed by atoms with Crippen molar-refractivity contribution in [2.24, 2.45) is 0 Å². The summed E-state index contributed by atoms with van der Waals surface area (Å²) in [6.07, 6.45) is 1.45. The number of piperazine rings is 1. The molecule has 1 aliphatic heterocycles. The Hall–Kier alpha value is -3.78. The van der Waals surface area contributed by atoms with E-state index in [9.17, 15) is 9.59 Å². The van der Waals surface area contributed by atoms with E-state index in [0.717, 1.165) is 36.7 Å². The summed E-state index contributed by atoms with van der Waals surface area (Å²) in [5.74, 6) is 1.45. The van der Waals surface area contributed by atoms with E-state index in [1.54, 1.807) is 31.4 Å². The first kappa shape index (κ1) is 23.4. The Morgan fingerprint density at radius 1 is 1.00 bits per heavy atom. The average molecular weight is 464 g/mol. The smallest absolute Gasteiger partial charge is 0.291 e. The van der Waals surface area contributed by atoms with E-state index in [1.807, 2.05) is 42.2 Å². The van der Waals surface area contributed by atoms with Crippen LogP contribution in [-0.2, 0) is 0 Å². The van der Waals surface area contributed by atoms with Gasteiger partial charge in [0.1, 0.15) is 18.1 Å². The van der Waals surface area contributed by atoms with Gasteiger partial charge in [-0.05, 0) is 61.0 Å². The Bertz CT molecular complexity index is 1100. The standard InChI is InChI=1S/C26H29N3O5/c1-19-5-6-20(18-23(19)27-25(30)24-4-3-16-34-24)26(31)29-13-11-28(12-14-29)15-17-33-22-9-7-21(32-2)8-10-22/h3-10,16,18H,11-15,17H2,1-2H3,(H,27,30). The Labute approximate surface area is 199 Å². The number of anilines is 1. The summed E-state index contributed by atoms with van der Waals surface area (Å²) in [6, 6.07) is 16.2. The molecule has 2 heterocycles. The number of benzene rings is 2. The number of methoxy groups -OCH3 is 1. The van der Waals surface area contributed by atoms with Gasteiger partial charge >= 0.3 is 0 Å². The van der Waals surface area contributed by atoms with Crippen LogP contribution in [0.2, 0.25) is 0 Å². The molecule has 4 rings (SSSR count). The summed E-state index contributed by atoms with van der Waals surface area (Å²) in [6.45, 7) is 6.11. The van der Waals surface area contributed by atoms with Crippen molar-refractivity contribution in [2.45, 2.75) is 6.92 Å². The first-order chi connectivity index (χ1) is 16.5. The lowest BCUT2D eigenvalue weighted by atomic mass is 10.1. The number of hydrogen-bond acceptors (Lipinski definition) is 6. The molecule has 0 atom stereocenters. The van der Waals surface area contributed by atoms with Gasteiger partial charge in [-0.25, -0.2) is 0 Å². The molecule has 1 aliphatic rings. The van der Waals surface area contributed by atoms with Crippen molar-refractivity contribution >= 4 is 17.5 Å². The fourth-order valence-corrected chi connectivity index (χ4v) is 3.80. The fraction of sp³-hybridized carbons (Fsp3) is 0.308. The molecule has 1 saturated heterocycles. The normalized spacial score (nSPS) is 14.0. The lowest BCUT2D eigenvalue weighted by molar-refractivity contribution is 0.0620. The van der Waals surface area contributed by atoms with Crippen molar-refractivity contribution in [1.82, 2.24) is 9.80 Å². The van der Waals surface area contributed by atoms with E-state index >= 15 is 0 Å². The Morgan fingerprint density at radius 3 is 2.41 bits per heavy atom. The maximum Gasteiger partial charge on any atom is 0.291 e. The molecular formula is C26H29N3O5. The van der Waals surface area contributed by atoms with Gasteiger partial charge < -0.3 is 24.1 Å². The van der Waals surface area contributed by atoms with Crippen LogP contribution >= 0.6 is 0 Å². The molecule has 0 spiro atoms. The number of nitrogens with zero attached hydrogens (tertiary/aromatic N) is 2. The second kappa shape index (κ2) is 10.9. The molecule has 0 radical (unpaired) electrons. The van der Waals surface area contributed by atoms with Crippen molar-refractivity contribution in [1.29, 1.82) is 0 Å². The summed E-state index contributed by atoms with van der Waals surface area (Å²) in [7, 11) is 1.64. The van der Waals surface area contributed by atoms with Crippen molar-refractivity contribution in [3.05, 3.63) is 77.7 Å². The lowest BCUT2D eigenvalue weighted by Crippen LogP contribution is -2.49. The highest BCUT2D eigenvalue weighted by atomic mass is 16.5. The van der Waals surface area contributed by atoms with E-state index in [-0.39, 0.29) is 17.6 Å². The summed E-state index contributed by atoms with van der Waals surface area (Å²) < 4.78 is 16.1. The molecule has 2 aromatic carbocycles. The van der Waals surface area contributed by atoms with Gasteiger partial charge in [0.2, 0.25) is 0 Å². The van der Waals surface area contributed by atoms with Gasteiger partial charge in [-0.3, -0.25) is 14.5 Å². The van der Waals surface area contributed by atoms with Crippen molar-refractivity contribution in [3.63, 3.8) is 0 Å². The molecule has 2 amide bonds. The number of hydrogen-bond donors (Lipinski definition) is 1. The van der Waals surface area contributed by atoms with Crippen molar-refractivity contribution in [3.8, 4) is 11.5 Å². The third-order valence-electron chi connectivity index (χ3n) is 5.87. The molecule has 0 saturated carbocycles. The van der Waals surface area contributed by atoms with E-state index in [0.29, 0.717) is 30.9 Å². The number of furan rings is 1. The third kappa shape index (κ3) is 5.77. The van der Waals surface area contributed by atoms with Crippen LogP contribution in [0.3, 0.4) is 0 Å². The van der Waals surface area contributed by atoms with E-state index in [2.05, 4.69) is 10.2 Å². The van der Waals surface area contributed by atoms with Gasteiger partial charge in [0, 0.05) is 44.0 Å². The highest BCUT2D eigenvalue weighted by Gasteiger charge is 2.23. The SMILES string of the molecule is COc1ccc(OCCN2CCN(C(=O)c3ccc(C)c(NC(=O)c4ccco4)c3)CC2)cc1. The summed E-state index contributed by atoms with van der Waals surface area (Å²) in [4.78, 5) is 29.5. The monoisotopic (exact) mass is 463 g/mol. The van der Waals surface area contributed by atoms with Gasteiger partial charge in [0.25, 0.3) is 11.8 Å². The minimum absolute atomic E-state index is 0.0392. The van der Waals surface area contributed by atoms with Gasteiger partial charge in [0.05, 0.1) is 13.4 Å². The predicted molar refractivity (Wildman–Crippen MR) is 129 cm³/mol. The van der Waals surface area contributed by atoms with Crippen LogP contribution in [0.5, 0.6) is 11.5 Å². The van der Waals surface area contributed by atoms with Crippen LogP contribution in [0.4, 0.5) is 5.69 Å². The Morgan fingerprint density at radius 2 is 1.74 bits per heavy atom. The molecule has 178 valence electrons. The maximum atomic E-state index is 13.1. The van der Waals surface area contributed by atoms with Gasteiger partial charge in [-0.15, -0.1) is 0 Å². The summed E-state index contributed by atoms with van der Waals surface area (Å²) >= 11 is 0. The van der Waals surface area contributed by atoms with E-state index < -0.39 is 0 Å². The summed E-state index contributed by atoms with van der Waals surface area (Å²) in [5.41, 5.74) is 2.02. The molecule has 34 heavy (non-hydrogen) atoms. The van der Waals surface area contributed by atoms with Crippen LogP contribution in [0.15, 0.2) is 65.3 Å². The first-order valence-electron chi connectivity index (χ1n) is 11.3. The second-order valence-corrected chi connectivity index (χ2v) is 8.12. The maximum absolute atomic E-state index is 13.1. The fourth-order valence-electron chi connectivity index (χ4n) is 3.80. The molecule has 0 unspecified atom stereocenters. The number of carbonyl (C=O) groups excluding carboxylic acids is 2. The van der Waals surface area contributed by atoms with Crippen LogP contribution in [-0.4, -0.2) is 68.1 Å². The van der Waals surface area contributed by atoms with Crippen molar-refractivity contribution < 1.29 is 23.5 Å². The predicted octanol–water partition coefficient (Wildman–Crippen LogP) is 3.69. The lowest BCUT2D eigenvalue weighted by Gasteiger charge is -2.34. The summed E-state index contributed by atoms with van der Waals surface area (Å²) in [5, 5.41) is 2.83. The number of amides is 2. The van der Waals surface area contributed by atoms with Gasteiger partial charge in [-0.1, -0.05) is 6.07 Å². The molecular weight excluding hydrogens is 434 g/mol. The van der Waals surface area contributed by atoms with Crippen LogP contribution in [0.1, 0.15) is 26.5 Å². The first-order valence-corrected chi connectivity index (χ1v) is 11.3. The number of nitrogens with one attached hydrogen (secondary N) is 1. The number of carbonyl (C=O) groups is 2. The largest absolute Gasteiger partial charge is 0.497 e. The molecule has 3 aromatic rings. The highest BCUT2D eigenvalue weighted by Crippen LogP contribution is 2.20. The van der Waals surface area contributed by atoms with Gasteiger partial charge in [-0.2, -0.15) is 0 Å². The third-order valence-corrected chi connectivity index (χ3v) is 5.87. The zero-order chi connectivity index (χ0) is 23.9. The quantitative estimate of drug-likeness (QED) is 0.549. The van der Waals surface area contributed by atoms with Gasteiger partial charge in [0.15, 0.2) is 5.76 Å².